The molecular formula is C17H25NO. The highest BCUT2D eigenvalue weighted by atomic mass is 16.3. The van der Waals surface area contributed by atoms with Gasteiger partial charge in [0.1, 0.15) is 5.75 Å². The Hall–Kier alpha value is -1.02. The Kier molecular flexibility index (Phi) is 3.09. The van der Waals surface area contributed by atoms with Gasteiger partial charge in [0.05, 0.1) is 0 Å². The molecule has 19 heavy (non-hydrogen) atoms. The van der Waals surface area contributed by atoms with Crippen molar-refractivity contribution in [3.05, 3.63) is 29.3 Å². The smallest absolute Gasteiger partial charge is 0.115 e. The molecular weight excluding hydrogens is 234 g/mol. The van der Waals surface area contributed by atoms with Gasteiger partial charge in [-0.3, -0.25) is 0 Å². The number of hydrogen-bond acceptors (Lipinski definition) is 2. The molecule has 2 bridgehead atoms. The highest BCUT2D eigenvalue weighted by molar-refractivity contribution is 5.44. The Morgan fingerprint density at radius 3 is 2.95 bits per heavy atom. The third-order valence-corrected chi connectivity index (χ3v) is 5.68. The molecule has 0 amide bonds. The van der Waals surface area contributed by atoms with Gasteiger partial charge in [-0.1, -0.05) is 26.3 Å². The number of phenolic OH excluding ortho intramolecular Hbond substituents is 1. The fraction of sp³-hybridized carbons (Fsp3) is 0.647. The van der Waals surface area contributed by atoms with Crippen molar-refractivity contribution in [2.24, 2.45) is 5.92 Å². The Morgan fingerprint density at radius 1 is 1.42 bits per heavy atom. The quantitative estimate of drug-likeness (QED) is 0.880. The first-order valence-corrected chi connectivity index (χ1v) is 7.61. The van der Waals surface area contributed by atoms with E-state index in [0.29, 0.717) is 17.7 Å². The van der Waals surface area contributed by atoms with Crippen molar-refractivity contribution in [1.29, 1.82) is 0 Å². The summed E-state index contributed by atoms with van der Waals surface area (Å²) in [5.74, 6) is 1.11. The zero-order valence-corrected chi connectivity index (χ0v) is 12.3. The van der Waals surface area contributed by atoms with Crippen LogP contribution >= 0.6 is 0 Å². The van der Waals surface area contributed by atoms with Gasteiger partial charge in [-0.15, -0.1) is 0 Å². The number of piperidine rings is 1. The van der Waals surface area contributed by atoms with Gasteiger partial charge < -0.3 is 10.0 Å². The van der Waals surface area contributed by atoms with E-state index >= 15 is 0 Å². The van der Waals surface area contributed by atoms with Crippen LogP contribution in [0.4, 0.5) is 0 Å². The molecule has 104 valence electrons. The van der Waals surface area contributed by atoms with Gasteiger partial charge in [-0.25, -0.2) is 0 Å². The molecule has 3 atom stereocenters. The van der Waals surface area contributed by atoms with Crippen LogP contribution in [-0.4, -0.2) is 29.6 Å². The fourth-order valence-electron chi connectivity index (χ4n) is 4.60. The summed E-state index contributed by atoms with van der Waals surface area (Å²) >= 11 is 0. The van der Waals surface area contributed by atoms with E-state index in [0.717, 1.165) is 6.42 Å². The molecule has 0 saturated carbocycles. The van der Waals surface area contributed by atoms with Gasteiger partial charge >= 0.3 is 0 Å². The number of phenols is 1. The third kappa shape index (κ3) is 1.80. The second kappa shape index (κ2) is 4.52. The summed E-state index contributed by atoms with van der Waals surface area (Å²) in [6, 6.07) is 6.71. The van der Waals surface area contributed by atoms with Gasteiger partial charge in [0.15, 0.2) is 0 Å². The Balaban J connectivity index is 2.15. The number of fused-ring (bicyclic) bond motifs is 4. The Morgan fingerprint density at radius 2 is 2.21 bits per heavy atom. The van der Waals surface area contributed by atoms with Crippen LogP contribution < -0.4 is 0 Å². The minimum atomic E-state index is 0.290. The molecule has 1 aromatic carbocycles. The van der Waals surface area contributed by atoms with E-state index < -0.39 is 0 Å². The van der Waals surface area contributed by atoms with Crippen molar-refractivity contribution in [3.63, 3.8) is 0 Å². The van der Waals surface area contributed by atoms with Crippen LogP contribution in [0.25, 0.3) is 0 Å². The van der Waals surface area contributed by atoms with E-state index in [-0.39, 0.29) is 5.41 Å². The van der Waals surface area contributed by atoms with Gasteiger partial charge in [-0.05, 0) is 62.0 Å². The van der Waals surface area contributed by atoms with Gasteiger partial charge in [0, 0.05) is 11.5 Å². The number of aromatic hydroxyl groups is 1. The predicted molar refractivity (Wildman–Crippen MR) is 78.6 cm³/mol. The monoisotopic (exact) mass is 259 g/mol. The van der Waals surface area contributed by atoms with Gasteiger partial charge in [-0.2, -0.15) is 0 Å². The molecule has 1 N–H and O–H groups in total. The first-order chi connectivity index (χ1) is 9.08. The van der Waals surface area contributed by atoms with E-state index in [4.69, 9.17) is 0 Å². The van der Waals surface area contributed by atoms with E-state index in [9.17, 15) is 5.11 Å². The third-order valence-electron chi connectivity index (χ3n) is 5.68. The first-order valence-electron chi connectivity index (χ1n) is 7.61. The number of nitrogens with zero attached hydrogens (tertiary/aromatic N) is 1. The highest BCUT2D eigenvalue weighted by Gasteiger charge is 2.49. The second-order valence-corrected chi connectivity index (χ2v) is 6.54. The molecule has 0 radical (unpaired) electrons. The minimum Gasteiger partial charge on any atom is -0.508 e. The number of likely N-dealkylation sites (tertiary alicyclic amines) is 1. The highest BCUT2D eigenvalue weighted by Crippen LogP contribution is 2.51. The van der Waals surface area contributed by atoms with E-state index in [1.165, 1.54) is 36.9 Å². The molecule has 2 heteroatoms. The molecule has 1 fully saturated rings. The summed E-state index contributed by atoms with van der Waals surface area (Å²) in [6.45, 7) is 5.89. The average molecular weight is 259 g/mol. The maximum atomic E-state index is 9.90. The average Bonchev–Trinajstić information content (AvgIpc) is 2.38. The van der Waals surface area contributed by atoms with Gasteiger partial charge in [0.25, 0.3) is 0 Å². The summed E-state index contributed by atoms with van der Waals surface area (Å²) in [4.78, 5) is 2.54. The molecule has 1 aliphatic heterocycles. The zero-order valence-electron chi connectivity index (χ0n) is 12.3. The molecule has 0 unspecified atom stereocenters. The SMILES string of the molecule is CCC[C@]12CCN(C)[C@@H](Cc3ccc(O)cc31)[C@@H]2C. The van der Waals surface area contributed by atoms with E-state index in [1.54, 1.807) is 0 Å². The first kappa shape index (κ1) is 13.0. The molecule has 1 heterocycles. The van der Waals surface area contributed by atoms with Crippen molar-refractivity contribution in [2.75, 3.05) is 13.6 Å². The number of hydrogen-bond donors (Lipinski definition) is 1. The van der Waals surface area contributed by atoms with Crippen molar-refractivity contribution >= 4 is 0 Å². The number of benzene rings is 1. The van der Waals surface area contributed by atoms with Crippen molar-refractivity contribution in [2.45, 2.75) is 51.0 Å². The molecule has 1 aromatic rings. The predicted octanol–water partition coefficient (Wildman–Crippen LogP) is 3.33. The van der Waals surface area contributed by atoms with Crippen LogP contribution in [0.15, 0.2) is 18.2 Å². The van der Waals surface area contributed by atoms with Crippen LogP contribution in [0, 0.1) is 5.92 Å². The standard InChI is InChI=1S/C17H25NO/c1-4-7-17-8-9-18(3)16(12(17)2)10-13-5-6-14(19)11-15(13)17/h5-6,11-12,16,19H,4,7-10H2,1-3H3/t12-,16-,17+/m0/s1. The topological polar surface area (TPSA) is 23.5 Å². The van der Waals surface area contributed by atoms with Crippen molar-refractivity contribution in [3.8, 4) is 5.75 Å². The second-order valence-electron chi connectivity index (χ2n) is 6.54. The molecule has 2 aliphatic rings. The zero-order chi connectivity index (χ0) is 13.6. The molecule has 1 aliphatic carbocycles. The molecule has 2 nitrogen and oxygen atoms in total. The van der Waals surface area contributed by atoms with Crippen LogP contribution in [0.5, 0.6) is 5.75 Å². The summed E-state index contributed by atoms with van der Waals surface area (Å²) in [6.07, 6.45) is 4.83. The van der Waals surface area contributed by atoms with E-state index in [1.807, 2.05) is 12.1 Å². The lowest BCUT2D eigenvalue weighted by Crippen LogP contribution is -2.57. The van der Waals surface area contributed by atoms with E-state index in [2.05, 4.69) is 31.9 Å². The summed E-state index contributed by atoms with van der Waals surface area (Å²) in [5.41, 5.74) is 3.19. The minimum absolute atomic E-state index is 0.290. The van der Waals surface area contributed by atoms with Crippen LogP contribution in [-0.2, 0) is 11.8 Å². The lowest BCUT2D eigenvalue weighted by atomic mass is 9.56. The largest absolute Gasteiger partial charge is 0.508 e. The normalized spacial score (nSPS) is 34.1. The number of likely N-dealkylation sites (N-methyl/N-ethyl adjacent to an activating group) is 1. The Labute approximate surface area is 116 Å². The molecule has 0 aromatic heterocycles. The van der Waals surface area contributed by atoms with Crippen LogP contribution in [0.1, 0.15) is 44.2 Å². The lowest BCUT2D eigenvalue weighted by Gasteiger charge is -2.55. The van der Waals surface area contributed by atoms with Crippen molar-refractivity contribution in [1.82, 2.24) is 4.90 Å². The maximum absolute atomic E-state index is 9.90. The molecule has 3 rings (SSSR count). The van der Waals surface area contributed by atoms with Crippen LogP contribution in [0.2, 0.25) is 0 Å². The molecule has 0 spiro atoms. The Bertz CT molecular complexity index is 484. The summed E-state index contributed by atoms with van der Waals surface area (Å²) < 4.78 is 0. The number of rotatable bonds is 2. The summed E-state index contributed by atoms with van der Waals surface area (Å²) in [5, 5.41) is 9.90. The maximum Gasteiger partial charge on any atom is 0.115 e. The fourth-order valence-corrected chi connectivity index (χ4v) is 4.60. The molecule has 1 saturated heterocycles. The van der Waals surface area contributed by atoms with Gasteiger partial charge in [0.2, 0.25) is 0 Å². The van der Waals surface area contributed by atoms with Crippen LogP contribution in [0.3, 0.4) is 0 Å². The lowest BCUT2D eigenvalue weighted by molar-refractivity contribution is 0.0354. The summed E-state index contributed by atoms with van der Waals surface area (Å²) in [7, 11) is 2.27. The van der Waals surface area contributed by atoms with Crippen molar-refractivity contribution < 1.29 is 5.11 Å².